The molecule has 0 aromatic heterocycles. The van der Waals surface area contributed by atoms with Crippen LogP contribution in [0, 0.1) is 0 Å². The van der Waals surface area contributed by atoms with Crippen LogP contribution in [0.3, 0.4) is 0 Å². The summed E-state index contributed by atoms with van der Waals surface area (Å²) >= 11 is 0. The van der Waals surface area contributed by atoms with Gasteiger partial charge in [0.25, 0.3) is 0 Å². The summed E-state index contributed by atoms with van der Waals surface area (Å²) in [6, 6.07) is 0.346. The number of hydrogen-bond donors (Lipinski definition) is 0. The predicted molar refractivity (Wildman–Crippen MR) is 82.9 cm³/mol. The second-order valence-corrected chi connectivity index (χ2v) is 6.46. The number of carbonyl (C=O) groups excluding carboxylic acids is 2. The minimum absolute atomic E-state index is 0.0777. The van der Waals surface area contributed by atoms with E-state index in [0.29, 0.717) is 6.04 Å². The highest BCUT2D eigenvalue weighted by Gasteiger charge is 2.31. The van der Waals surface area contributed by atoms with Crippen molar-refractivity contribution in [3.05, 3.63) is 0 Å². The molecular weight excluding hydrogens is 266 g/mol. The zero-order valence-corrected chi connectivity index (χ0v) is 13.7. The molecule has 21 heavy (non-hydrogen) atoms. The Kier molecular flexibility index (Phi) is 5.62. The summed E-state index contributed by atoms with van der Waals surface area (Å²) in [7, 11) is 1.96. The van der Waals surface area contributed by atoms with Crippen LogP contribution in [0.5, 0.6) is 0 Å². The molecule has 1 aliphatic carbocycles. The summed E-state index contributed by atoms with van der Waals surface area (Å²) < 4.78 is 0. The quantitative estimate of drug-likeness (QED) is 0.789. The van der Waals surface area contributed by atoms with Crippen molar-refractivity contribution in [3.63, 3.8) is 0 Å². The van der Waals surface area contributed by atoms with Gasteiger partial charge >= 0.3 is 0 Å². The van der Waals surface area contributed by atoms with Crippen LogP contribution >= 0.6 is 0 Å². The maximum atomic E-state index is 12.7. The molecule has 2 fully saturated rings. The van der Waals surface area contributed by atoms with E-state index in [1.807, 2.05) is 23.8 Å². The van der Waals surface area contributed by atoms with E-state index < -0.39 is 0 Å². The van der Waals surface area contributed by atoms with Gasteiger partial charge < -0.3 is 9.80 Å². The molecule has 0 bridgehead atoms. The highest BCUT2D eigenvalue weighted by molar-refractivity contribution is 5.81. The minimum atomic E-state index is -0.0777. The van der Waals surface area contributed by atoms with E-state index in [0.717, 1.165) is 39.0 Å². The Morgan fingerprint density at radius 2 is 1.62 bits per heavy atom. The SMILES string of the molecule is CC(=O)N1CCN([C@@H](C)C(=O)N(C)C2CCCCC2)CC1. The summed E-state index contributed by atoms with van der Waals surface area (Å²) in [5.74, 6) is 0.367. The maximum Gasteiger partial charge on any atom is 0.239 e. The van der Waals surface area contributed by atoms with Crippen LogP contribution in [-0.4, -0.2) is 71.8 Å². The zero-order valence-electron chi connectivity index (χ0n) is 13.7. The summed E-state index contributed by atoms with van der Waals surface area (Å²) in [4.78, 5) is 30.1. The Bertz CT molecular complexity index is 372. The average molecular weight is 295 g/mol. The molecule has 1 heterocycles. The van der Waals surface area contributed by atoms with Gasteiger partial charge in [-0.1, -0.05) is 19.3 Å². The van der Waals surface area contributed by atoms with Crippen molar-refractivity contribution in [3.8, 4) is 0 Å². The van der Waals surface area contributed by atoms with E-state index in [1.54, 1.807) is 6.92 Å². The Labute approximate surface area is 128 Å². The molecule has 0 aromatic carbocycles. The normalized spacial score (nSPS) is 22.9. The third kappa shape index (κ3) is 3.96. The van der Waals surface area contributed by atoms with Gasteiger partial charge in [0, 0.05) is 46.2 Å². The Hall–Kier alpha value is -1.10. The van der Waals surface area contributed by atoms with Crippen LogP contribution in [0.2, 0.25) is 0 Å². The van der Waals surface area contributed by atoms with E-state index in [-0.39, 0.29) is 17.9 Å². The van der Waals surface area contributed by atoms with Crippen molar-refractivity contribution in [1.29, 1.82) is 0 Å². The van der Waals surface area contributed by atoms with Gasteiger partial charge in [-0.15, -0.1) is 0 Å². The van der Waals surface area contributed by atoms with Gasteiger partial charge in [-0.25, -0.2) is 0 Å². The van der Waals surface area contributed by atoms with Gasteiger partial charge in [0.1, 0.15) is 0 Å². The lowest BCUT2D eigenvalue weighted by Gasteiger charge is -2.40. The molecule has 120 valence electrons. The molecule has 1 saturated heterocycles. The summed E-state index contributed by atoms with van der Waals surface area (Å²) in [5.41, 5.74) is 0. The lowest BCUT2D eigenvalue weighted by atomic mass is 9.94. The first-order valence-electron chi connectivity index (χ1n) is 8.27. The highest BCUT2D eigenvalue weighted by atomic mass is 16.2. The van der Waals surface area contributed by atoms with Crippen molar-refractivity contribution < 1.29 is 9.59 Å². The fourth-order valence-electron chi connectivity index (χ4n) is 3.52. The number of amides is 2. The van der Waals surface area contributed by atoms with Crippen molar-refractivity contribution in [1.82, 2.24) is 14.7 Å². The molecule has 0 spiro atoms. The average Bonchev–Trinajstić information content (AvgIpc) is 2.53. The molecule has 1 saturated carbocycles. The van der Waals surface area contributed by atoms with Gasteiger partial charge in [0.2, 0.25) is 11.8 Å². The lowest BCUT2D eigenvalue weighted by Crippen LogP contribution is -2.56. The molecule has 2 amide bonds. The summed E-state index contributed by atoms with van der Waals surface area (Å²) in [6.45, 7) is 6.68. The van der Waals surface area contributed by atoms with Gasteiger partial charge in [0.15, 0.2) is 0 Å². The van der Waals surface area contributed by atoms with Crippen LogP contribution in [-0.2, 0) is 9.59 Å². The van der Waals surface area contributed by atoms with Crippen LogP contribution in [0.4, 0.5) is 0 Å². The van der Waals surface area contributed by atoms with E-state index in [1.165, 1.54) is 19.3 Å². The van der Waals surface area contributed by atoms with E-state index >= 15 is 0 Å². The first-order chi connectivity index (χ1) is 10.0. The van der Waals surface area contributed by atoms with Crippen molar-refractivity contribution in [2.75, 3.05) is 33.2 Å². The highest BCUT2D eigenvalue weighted by Crippen LogP contribution is 2.22. The fourth-order valence-corrected chi connectivity index (χ4v) is 3.52. The van der Waals surface area contributed by atoms with Crippen LogP contribution in [0.1, 0.15) is 46.0 Å². The van der Waals surface area contributed by atoms with Crippen LogP contribution in [0.25, 0.3) is 0 Å². The molecule has 5 heteroatoms. The molecule has 0 radical (unpaired) electrons. The Morgan fingerprint density at radius 1 is 1.05 bits per heavy atom. The molecule has 0 unspecified atom stereocenters. The molecule has 5 nitrogen and oxygen atoms in total. The third-order valence-corrected chi connectivity index (χ3v) is 5.13. The number of likely N-dealkylation sites (N-methyl/N-ethyl adjacent to an activating group) is 1. The van der Waals surface area contributed by atoms with Gasteiger partial charge in [-0.2, -0.15) is 0 Å². The second kappa shape index (κ2) is 7.25. The van der Waals surface area contributed by atoms with Gasteiger partial charge in [-0.05, 0) is 19.8 Å². The smallest absolute Gasteiger partial charge is 0.239 e. The maximum absolute atomic E-state index is 12.7. The second-order valence-electron chi connectivity index (χ2n) is 6.46. The first-order valence-corrected chi connectivity index (χ1v) is 8.27. The lowest BCUT2D eigenvalue weighted by molar-refractivity contribution is -0.139. The fraction of sp³-hybridized carbons (Fsp3) is 0.875. The van der Waals surface area contributed by atoms with E-state index in [4.69, 9.17) is 0 Å². The minimum Gasteiger partial charge on any atom is -0.341 e. The van der Waals surface area contributed by atoms with Crippen LogP contribution < -0.4 is 0 Å². The number of piperazine rings is 1. The van der Waals surface area contributed by atoms with E-state index in [2.05, 4.69) is 4.90 Å². The number of rotatable bonds is 3. The van der Waals surface area contributed by atoms with Crippen molar-refractivity contribution in [2.45, 2.75) is 58.0 Å². The monoisotopic (exact) mass is 295 g/mol. The summed E-state index contributed by atoms with van der Waals surface area (Å²) in [6.07, 6.45) is 6.09. The Morgan fingerprint density at radius 3 is 2.14 bits per heavy atom. The molecule has 1 aliphatic heterocycles. The zero-order chi connectivity index (χ0) is 15.4. The van der Waals surface area contributed by atoms with Gasteiger partial charge in [-0.3, -0.25) is 14.5 Å². The molecule has 0 aromatic rings. The topological polar surface area (TPSA) is 43.9 Å². The molecule has 1 atom stereocenters. The molecule has 2 rings (SSSR count). The Balaban J connectivity index is 1.86. The molecule has 2 aliphatic rings. The van der Waals surface area contributed by atoms with Crippen molar-refractivity contribution >= 4 is 11.8 Å². The third-order valence-electron chi connectivity index (χ3n) is 5.13. The van der Waals surface area contributed by atoms with E-state index in [9.17, 15) is 9.59 Å². The largest absolute Gasteiger partial charge is 0.341 e. The predicted octanol–water partition coefficient (Wildman–Crippen LogP) is 1.33. The van der Waals surface area contributed by atoms with Gasteiger partial charge in [0.05, 0.1) is 6.04 Å². The molecular formula is C16H29N3O2. The number of hydrogen-bond acceptors (Lipinski definition) is 3. The first kappa shape index (κ1) is 16.3. The standard InChI is InChI=1S/C16H29N3O2/c1-13(18-9-11-19(12-10-18)14(2)20)16(21)17(3)15-7-5-4-6-8-15/h13,15H,4-12H2,1-3H3/t13-/m0/s1. The molecule has 0 N–H and O–H groups in total. The number of nitrogens with zero attached hydrogens (tertiary/aromatic N) is 3. The van der Waals surface area contributed by atoms with Crippen molar-refractivity contribution in [2.24, 2.45) is 0 Å². The van der Waals surface area contributed by atoms with Crippen LogP contribution in [0.15, 0.2) is 0 Å². The number of carbonyl (C=O) groups is 2. The summed E-state index contributed by atoms with van der Waals surface area (Å²) in [5, 5.41) is 0.